The lowest BCUT2D eigenvalue weighted by Gasteiger charge is -2.19. The van der Waals surface area contributed by atoms with Crippen LogP contribution in [0, 0.1) is 0 Å². The first-order valence-electron chi connectivity index (χ1n) is 12.4. The molecule has 12 heteroatoms. The van der Waals surface area contributed by atoms with E-state index in [1.165, 1.54) is 0 Å². The van der Waals surface area contributed by atoms with Crippen molar-refractivity contribution in [3.63, 3.8) is 0 Å². The van der Waals surface area contributed by atoms with E-state index in [4.69, 9.17) is 0 Å². The monoisotopic (exact) mass is 521 g/mol. The first-order valence-corrected chi connectivity index (χ1v) is 12.4. The molecule has 2 amide bonds. The van der Waals surface area contributed by atoms with Gasteiger partial charge in [-0.1, -0.05) is 24.3 Å². The molecule has 1 saturated carbocycles. The second-order valence-electron chi connectivity index (χ2n) is 9.49. The number of hydrogen-bond acceptors (Lipinski definition) is 7. The van der Waals surface area contributed by atoms with E-state index in [1.54, 1.807) is 24.4 Å². The minimum absolute atomic E-state index is 0.0346. The van der Waals surface area contributed by atoms with Crippen LogP contribution in [0.5, 0.6) is 0 Å². The number of carboxylic acids is 1. The zero-order valence-electron chi connectivity index (χ0n) is 20.5. The molecule has 1 fully saturated rings. The number of alkyl halides is 1. The van der Waals surface area contributed by atoms with Crippen LogP contribution in [0.25, 0.3) is 10.9 Å². The number of halogens is 1. The second kappa shape index (κ2) is 10.9. The predicted octanol–water partition coefficient (Wildman–Crippen LogP) is 2.21. The van der Waals surface area contributed by atoms with Gasteiger partial charge in [0.2, 0.25) is 5.91 Å². The topological polar surface area (TPSA) is 161 Å². The highest BCUT2D eigenvalue weighted by Crippen LogP contribution is 2.40. The van der Waals surface area contributed by atoms with Crippen LogP contribution in [-0.2, 0) is 9.59 Å². The molecule has 2 aromatic carbocycles. The van der Waals surface area contributed by atoms with Crippen LogP contribution >= 0.6 is 0 Å². The lowest BCUT2D eigenvalue weighted by atomic mass is 9.99. The summed E-state index contributed by atoms with van der Waals surface area (Å²) in [6, 6.07) is 10.1. The summed E-state index contributed by atoms with van der Waals surface area (Å²) in [6.07, 6.45) is 2.47. The van der Waals surface area contributed by atoms with Crippen molar-refractivity contribution >= 4 is 40.3 Å². The van der Waals surface area contributed by atoms with Crippen LogP contribution in [0.15, 0.2) is 47.6 Å². The van der Waals surface area contributed by atoms with E-state index >= 15 is 0 Å². The number of amides is 2. The first-order chi connectivity index (χ1) is 18.4. The molecule has 1 aromatic heterocycles. The second-order valence-corrected chi connectivity index (χ2v) is 9.49. The fourth-order valence-corrected chi connectivity index (χ4v) is 4.40. The van der Waals surface area contributed by atoms with Crippen molar-refractivity contribution in [2.45, 2.75) is 37.4 Å². The summed E-state index contributed by atoms with van der Waals surface area (Å²) in [7, 11) is 0. The zero-order chi connectivity index (χ0) is 26.6. The number of aliphatic imine (C=N–C) groups is 1. The summed E-state index contributed by atoms with van der Waals surface area (Å²) in [5, 5.41) is 28.2. The van der Waals surface area contributed by atoms with Gasteiger partial charge in [-0.15, -0.1) is 0 Å². The Hall–Kier alpha value is -4.48. The molecular weight excluding hydrogens is 493 g/mol. The van der Waals surface area contributed by atoms with Gasteiger partial charge >= 0.3 is 5.97 Å². The molecule has 11 nitrogen and oxygen atoms in total. The summed E-state index contributed by atoms with van der Waals surface area (Å²) in [5.41, 5.74) is 3.23. The summed E-state index contributed by atoms with van der Waals surface area (Å²) in [5.74, 6) is -1.18. The largest absolute Gasteiger partial charge is 0.481 e. The Balaban J connectivity index is 1.25. The molecule has 2 atom stereocenters. The molecule has 198 valence electrons. The third-order valence-electron chi connectivity index (χ3n) is 6.50. The average Bonchev–Trinajstić information content (AvgIpc) is 3.65. The number of carbonyl (C=O) groups is 3. The standard InChI is InChI=1S/C26H28FN7O4/c27-18-10-29-26(30-11-18)33-21-7-17(8-22-19(21)12-31-34-22)25(38)28-13-23(35)32-20(9-24(36)37)16-3-1-2-15(6-16)14-4-5-14/h1-3,6-8,12,14,18,20H,4-5,9-11,13H2,(H,28,38)(H,31,34)(H,32,35)(H,36,37)(H2,29,30,33)/t20-/m0/s1. The van der Waals surface area contributed by atoms with Gasteiger partial charge in [-0.05, 0) is 42.0 Å². The van der Waals surface area contributed by atoms with Gasteiger partial charge in [0, 0.05) is 10.9 Å². The molecule has 0 spiro atoms. The van der Waals surface area contributed by atoms with E-state index in [1.807, 2.05) is 18.2 Å². The van der Waals surface area contributed by atoms with Gasteiger partial charge in [0.05, 0.1) is 49.5 Å². The number of rotatable bonds is 9. The van der Waals surface area contributed by atoms with Gasteiger partial charge in [-0.25, -0.2) is 9.38 Å². The van der Waals surface area contributed by atoms with Crippen molar-refractivity contribution < 1.29 is 23.9 Å². The Morgan fingerprint density at radius 1 is 1.18 bits per heavy atom. The number of aromatic nitrogens is 2. The van der Waals surface area contributed by atoms with Crippen LogP contribution in [0.2, 0.25) is 0 Å². The van der Waals surface area contributed by atoms with E-state index < -0.39 is 30.0 Å². The third kappa shape index (κ3) is 6.07. The van der Waals surface area contributed by atoms with Crippen molar-refractivity contribution in [1.82, 2.24) is 26.1 Å². The summed E-state index contributed by atoms with van der Waals surface area (Å²) >= 11 is 0. The molecule has 6 N–H and O–H groups in total. The van der Waals surface area contributed by atoms with Crippen molar-refractivity contribution in [2.24, 2.45) is 4.99 Å². The van der Waals surface area contributed by atoms with Crippen LogP contribution in [-0.4, -0.2) is 64.9 Å². The predicted molar refractivity (Wildman–Crippen MR) is 139 cm³/mol. The Morgan fingerprint density at radius 2 is 2.03 bits per heavy atom. The molecule has 1 unspecified atom stereocenters. The number of nitrogens with one attached hydrogen (secondary N) is 5. The number of aliphatic carboxylic acids is 1. The third-order valence-corrected chi connectivity index (χ3v) is 6.50. The number of hydrogen-bond donors (Lipinski definition) is 6. The summed E-state index contributed by atoms with van der Waals surface area (Å²) in [6.45, 7) is -0.177. The van der Waals surface area contributed by atoms with Crippen molar-refractivity contribution in [2.75, 3.05) is 25.0 Å². The number of aromatic amines is 1. The normalized spacial score (nSPS) is 17.7. The van der Waals surface area contributed by atoms with Gasteiger partial charge in [0.15, 0.2) is 5.96 Å². The molecule has 0 bridgehead atoms. The fourth-order valence-electron chi connectivity index (χ4n) is 4.40. The summed E-state index contributed by atoms with van der Waals surface area (Å²) in [4.78, 5) is 41.2. The Morgan fingerprint density at radius 3 is 2.76 bits per heavy atom. The quantitative estimate of drug-likeness (QED) is 0.252. The lowest BCUT2D eigenvalue weighted by molar-refractivity contribution is -0.137. The van der Waals surface area contributed by atoms with E-state index in [0.29, 0.717) is 28.5 Å². The molecule has 0 radical (unpaired) electrons. The van der Waals surface area contributed by atoms with Crippen molar-refractivity contribution in [1.29, 1.82) is 0 Å². The van der Waals surface area contributed by atoms with E-state index in [-0.39, 0.29) is 31.6 Å². The van der Waals surface area contributed by atoms with Gasteiger partial charge in [-0.3, -0.25) is 19.5 Å². The summed E-state index contributed by atoms with van der Waals surface area (Å²) < 4.78 is 13.4. The maximum atomic E-state index is 13.4. The molecular formula is C26H28FN7O4. The van der Waals surface area contributed by atoms with E-state index in [2.05, 4.69) is 36.5 Å². The SMILES string of the molecule is O=C(O)C[C@H](NC(=O)CNC(=O)c1cc(NC2=NCC(F)CN2)c2cn[nH]c2c1)c1cccc(C2CC2)c1. The molecule has 3 aromatic rings. The van der Waals surface area contributed by atoms with Crippen LogP contribution in [0.3, 0.4) is 0 Å². The lowest BCUT2D eigenvalue weighted by Crippen LogP contribution is -2.41. The van der Waals surface area contributed by atoms with Gasteiger partial charge in [0.25, 0.3) is 5.91 Å². The smallest absolute Gasteiger partial charge is 0.305 e. The number of H-pyrrole nitrogens is 1. The number of carbonyl (C=O) groups excluding carboxylic acids is 2. The molecule has 38 heavy (non-hydrogen) atoms. The molecule has 2 heterocycles. The zero-order valence-corrected chi connectivity index (χ0v) is 20.5. The molecule has 5 rings (SSSR count). The maximum absolute atomic E-state index is 13.4. The minimum Gasteiger partial charge on any atom is -0.481 e. The van der Waals surface area contributed by atoms with Gasteiger partial charge < -0.3 is 26.4 Å². The van der Waals surface area contributed by atoms with E-state index in [9.17, 15) is 23.9 Å². The maximum Gasteiger partial charge on any atom is 0.305 e. The number of benzene rings is 2. The highest BCUT2D eigenvalue weighted by atomic mass is 19.1. The van der Waals surface area contributed by atoms with Crippen LogP contribution in [0.1, 0.15) is 52.7 Å². The Kier molecular flexibility index (Phi) is 7.20. The number of anilines is 1. The number of guanidine groups is 1. The van der Waals surface area contributed by atoms with E-state index in [0.717, 1.165) is 24.0 Å². The minimum atomic E-state index is -1.06. The van der Waals surface area contributed by atoms with Crippen LogP contribution in [0.4, 0.5) is 10.1 Å². The van der Waals surface area contributed by atoms with Crippen molar-refractivity contribution in [3.8, 4) is 0 Å². The Labute approximate surface area is 217 Å². The first kappa shape index (κ1) is 25.2. The number of carboxylic acid groups (broad SMARTS) is 1. The fraction of sp³-hybridized carbons (Fsp3) is 0.346. The van der Waals surface area contributed by atoms with Gasteiger partial charge in [-0.2, -0.15) is 5.10 Å². The molecule has 1 aliphatic heterocycles. The molecule has 0 saturated heterocycles. The molecule has 1 aliphatic carbocycles. The van der Waals surface area contributed by atoms with Crippen LogP contribution < -0.4 is 21.3 Å². The molecule has 2 aliphatic rings. The Bertz CT molecular complexity index is 1400. The number of nitrogens with zero attached hydrogens (tertiary/aromatic N) is 2. The van der Waals surface area contributed by atoms with Crippen molar-refractivity contribution in [3.05, 3.63) is 59.3 Å². The highest BCUT2D eigenvalue weighted by molar-refractivity contribution is 6.07. The highest BCUT2D eigenvalue weighted by Gasteiger charge is 2.25. The van der Waals surface area contributed by atoms with Gasteiger partial charge in [0.1, 0.15) is 6.17 Å². The number of fused-ring (bicyclic) bond motifs is 1. The average molecular weight is 522 g/mol.